The van der Waals surface area contributed by atoms with Gasteiger partial charge in [-0.3, -0.25) is 4.79 Å². The molecule has 13 heavy (non-hydrogen) atoms. The Kier molecular flexibility index (Phi) is 1.47. The van der Waals surface area contributed by atoms with Gasteiger partial charge in [0, 0.05) is 17.9 Å². The van der Waals surface area contributed by atoms with Crippen LogP contribution in [0.5, 0.6) is 0 Å². The van der Waals surface area contributed by atoms with Gasteiger partial charge in [0.15, 0.2) is 5.78 Å². The molecule has 2 heteroatoms. The highest BCUT2D eigenvalue weighted by Crippen LogP contribution is 2.42. The Morgan fingerprint density at radius 1 is 1.38 bits per heavy atom. The summed E-state index contributed by atoms with van der Waals surface area (Å²) in [5.74, 6) is 0.784. The van der Waals surface area contributed by atoms with Gasteiger partial charge in [-0.2, -0.15) is 0 Å². The summed E-state index contributed by atoms with van der Waals surface area (Å²) in [5.41, 5.74) is 2.39. The Hall–Kier alpha value is -0.890. The third kappa shape index (κ3) is 0.953. The lowest BCUT2D eigenvalue weighted by Gasteiger charge is -2.07. The molecule has 0 aromatic carbocycles. The van der Waals surface area contributed by atoms with Crippen molar-refractivity contribution >= 4 is 5.78 Å². The van der Waals surface area contributed by atoms with Gasteiger partial charge in [0.1, 0.15) is 0 Å². The minimum absolute atomic E-state index is 0.227. The van der Waals surface area contributed by atoms with Crippen molar-refractivity contribution in [2.75, 3.05) is 6.61 Å². The molecule has 68 valence electrons. The summed E-state index contributed by atoms with van der Waals surface area (Å²) >= 11 is 0. The number of carbonyl (C=O) groups excluding carboxylic acids is 1. The van der Waals surface area contributed by atoms with Gasteiger partial charge in [0.2, 0.25) is 0 Å². The van der Waals surface area contributed by atoms with Crippen LogP contribution in [0.15, 0.2) is 23.3 Å². The molecule has 2 nitrogen and oxygen atoms in total. The van der Waals surface area contributed by atoms with E-state index in [4.69, 9.17) is 4.74 Å². The highest BCUT2D eigenvalue weighted by Gasteiger charge is 2.41. The van der Waals surface area contributed by atoms with Crippen molar-refractivity contribution in [1.29, 1.82) is 0 Å². The Morgan fingerprint density at radius 2 is 2.31 bits per heavy atom. The fraction of sp³-hybridized carbons (Fsp3) is 0.545. The number of ketones is 1. The Balaban J connectivity index is 2.10. The van der Waals surface area contributed by atoms with Gasteiger partial charge in [-0.1, -0.05) is 12.2 Å². The number of hydrogen-bond donors (Lipinski definition) is 0. The summed E-state index contributed by atoms with van der Waals surface area (Å²) in [6.45, 7) is 0.767. The van der Waals surface area contributed by atoms with Gasteiger partial charge in [-0.15, -0.1) is 0 Å². The second-order valence-electron chi connectivity index (χ2n) is 3.99. The van der Waals surface area contributed by atoms with Crippen LogP contribution in [-0.2, 0) is 9.53 Å². The fourth-order valence-corrected chi connectivity index (χ4v) is 2.64. The Morgan fingerprint density at radius 3 is 3.23 bits per heavy atom. The fourth-order valence-electron chi connectivity index (χ4n) is 2.64. The average Bonchev–Trinajstić information content (AvgIpc) is 2.55. The van der Waals surface area contributed by atoms with Crippen LogP contribution >= 0.6 is 0 Å². The standard InChI is InChI=1S/C11H12O2/c12-9-5-7-6-13-10-4-2-1-3-8(9)11(7)10/h1-2,7,10H,3-6H2/t7-,10+/m0/s1. The maximum atomic E-state index is 11.6. The lowest BCUT2D eigenvalue weighted by atomic mass is 9.98. The van der Waals surface area contributed by atoms with Gasteiger partial charge in [0.25, 0.3) is 0 Å². The van der Waals surface area contributed by atoms with E-state index >= 15 is 0 Å². The molecular formula is C11H12O2. The summed E-state index contributed by atoms with van der Waals surface area (Å²) in [6.07, 6.45) is 6.97. The van der Waals surface area contributed by atoms with Crippen molar-refractivity contribution in [1.82, 2.24) is 0 Å². The molecule has 0 radical (unpaired) electrons. The molecule has 0 N–H and O–H groups in total. The highest BCUT2D eigenvalue weighted by molar-refractivity contribution is 6.00. The molecule has 0 amide bonds. The minimum atomic E-state index is 0.227. The third-order valence-electron chi connectivity index (χ3n) is 3.24. The number of carbonyl (C=O) groups is 1. The lowest BCUT2D eigenvalue weighted by molar-refractivity contribution is -0.115. The molecule has 0 spiro atoms. The van der Waals surface area contributed by atoms with Crippen LogP contribution < -0.4 is 0 Å². The maximum Gasteiger partial charge on any atom is 0.159 e. The third-order valence-corrected chi connectivity index (χ3v) is 3.24. The average molecular weight is 176 g/mol. The Labute approximate surface area is 77.3 Å². The van der Waals surface area contributed by atoms with Crippen LogP contribution in [0.4, 0.5) is 0 Å². The molecule has 0 aromatic rings. The number of ether oxygens (including phenoxy) is 1. The van der Waals surface area contributed by atoms with Crippen LogP contribution in [0.3, 0.4) is 0 Å². The summed E-state index contributed by atoms with van der Waals surface area (Å²) in [6, 6.07) is 0. The van der Waals surface area contributed by atoms with E-state index in [2.05, 4.69) is 12.2 Å². The van der Waals surface area contributed by atoms with E-state index in [1.807, 2.05) is 0 Å². The van der Waals surface area contributed by atoms with Crippen molar-refractivity contribution in [2.45, 2.75) is 25.4 Å². The number of allylic oxidation sites excluding steroid dienone is 2. The summed E-state index contributed by atoms with van der Waals surface area (Å²) in [5, 5.41) is 0. The highest BCUT2D eigenvalue weighted by atomic mass is 16.5. The second-order valence-corrected chi connectivity index (χ2v) is 3.99. The van der Waals surface area contributed by atoms with Gasteiger partial charge < -0.3 is 4.74 Å². The van der Waals surface area contributed by atoms with Gasteiger partial charge in [-0.05, 0) is 18.4 Å². The smallest absolute Gasteiger partial charge is 0.159 e. The monoisotopic (exact) mass is 176 g/mol. The van der Waals surface area contributed by atoms with Crippen LogP contribution in [0, 0.1) is 5.92 Å². The van der Waals surface area contributed by atoms with E-state index in [0.717, 1.165) is 25.0 Å². The van der Waals surface area contributed by atoms with E-state index in [-0.39, 0.29) is 6.10 Å². The molecule has 1 saturated heterocycles. The quantitative estimate of drug-likeness (QED) is 0.524. The SMILES string of the molecule is O=C1C[C@H]2CO[C@@H]3CC=CCC1=C23. The molecular weight excluding hydrogens is 164 g/mol. The van der Waals surface area contributed by atoms with Crippen molar-refractivity contribution in [3.05, 3.63) is 23.3 Å². The van der Waals surface area contributed by atoms with Crippen molar-refractivity contribution in [3.8, 4) is 0 Å². The van der Waals surface area contributed by atoms with E-state index in [1.54, 1.807) is 0 Å². The molecule has 0 saturated carbocycles. The van der Waals surface area contributed by atoms with Gasteiger partial charge >= 0.3 is 0 Å². The number of Topliss-reactive ketones (excluding diaryl/α,β-unsaturated/α-hetero) is 1. The van der Waals surface area contributed by atoms with Gasteiger partial charge in [0.05, 0.1) is 12.7 Å². The topological polar surface area (TPSA) is 26.3 Å². The summed E-state index contributed by atoms with van der Waals surface area (Å²) in [7, 11) is 0. The molecule has 3 aliphatic rings. The van der Waals surface area contributed by atoms with Crippen molar-refractivity contribution < 1.29 is 9.53 Å². The first-order valence-corrected chi connectivity index (χ1v) is 4.89. The molecule has 1 heterocycles. The normalized spacial score (nSPS) is 36.8. The predicted molar refractivity (Wildman–Crippen MR) is 48.3 cm³/mol. The van der Waals surface area contributed by atoms with Gasteiger partial charge in [-0.25, -0.2) is 0 Å². The maximum absolute atomic E-state index is 11.6. The number of rotatable bonds is 0. The molecule has 3 rings (SSSR count). The van der Waals surface area contributed by atoms with Crippen molar-refractivity contribution in [2.24, 2.45) is 5.92 Å². The molecule has 0 unspecified atom stereocenters. The van der Waals surface area contributed by atoms with Crippen LogP contribution in [-0.4, -0.2) is 18.5 Å². The van der Waals surface area contributed by atoms with E-state index in [0.29, 0.717) is 18.1 Å². The Bertz CT molecular complexity index is 325. The van der Waals surface area contributed by atoms with Crippen molar-refractivity contribution in [3.63, 3.8) is 0 Å². The van der Waals surface area contributed by atoms with Crippen LogP contribution in [0.1, 0.15) is 19.3 Å². The molecule has 1 aliphatic heterocycles. The minimum Gasteiger partial charge on any atom is -0.373 e. The zero-order valence-corrected chi connectivity index (χ0v) is 7.45. The molecule has 1 fully saturated rings. The summed E-state index contributed by atoms with van der Waals surface area (Å²) in [4.78, 5) is 11.6. The first kappa shape index (κ1) is 7.51. The first-order chi connectivity index (χ1) is 6.36. The lowest BCUT2D eigenvalue weighted by Crippen LogP contribution is -2.07. The zero-order valence-electron chi connectivity index (χ0n) is 7.45. The number of hydrogen-bond acceptors (Lipinski definition) is 2. The molecule has 2 atom stereocenters. The summed E-state index contributed by atoms with van der Waals surface area (Å²) < 4.78 is 5.66. The first-order valence-electron chi connectivity index (χ1n) is 4.89. The molecule has 0 aromatic heterocycles. The zero-order chi connectivity index (χ0) is 8.84. The van der Waals surface area contributed by atoms with E-state index in [1.165, 1.54) is 5.57 Å². The largest absolute Gasteiger partial charge is 0.373 e. The van der Waals surface area contributed by atoms with E-state index in [9.17, 15) is 4.79 Å². The molecule has 0 bridgehead atoms. The van der Waals surface area contributed by atoms with Crippen LogP contribution in [0.25, 0.3) is 0 Å². The second kappa shape index (κ2) is 2.55. The van der Waals surface area contributed by atoms with E-state index < -0.39 is 0 Å². The van der Waals surface area contributed by atoms with Crippen LogP contribution in [0.2, 0.25) is 0 Å². The molecule has 2 aliphatic carbocycles. The predicted octanol–water partition coefficient (Wildman–Crippen LogP) is 1.62.